The summed E-state index contributed by atoms with van der Waals surface area (Å²) in [6.45, 7) is 0. The molecular weight excluding hydrogens is 701 g/mol. The van der Waals surface area contributed by atoms with E-state index in [2.05, 4.69) is 218 Å². The third-order valence-electron chi connectivity index (χ3n) is 11.4. The zero-order valence-electron chi connectivity index (χ0n) is 31.7. The first-order valence-corrected chi connectivity index (χ1v) is 19.8. The van der Waals surface area contributed by atoms with Gasteiger partial charge in [-0.15, -0.1) is 0 Å². The van der Waals surface area contributed by atoms with Gasteiger partial charge in [-0.2, -0.15) is 0 Å². The van der Waals surface area contributed by atoms with Gasteiger partial charge in [0.05, 0.1) is 22.8 Å². The summed E-state index contributed by atoms with van der Waals surface area (Å²) >= 11 is 0. The standard InChI is InChI=1S/C56H36N2/c1-3-16-37(17-4-1)51-33-45(35-53(57-51)55-47-26-11-7-20-41(47)31-42-21-8-12-27-48(42)55)39-24-15-25-40(30-39)46-34-52(38-18-5-2-6-19-38)58-54(36-46)56-49-28-13-9-22-43(49)32-44-23-10-14-29-50(44)56/h1-36H. The molecule has 11 aromatic rings. The lowest BCUT2D eigenvalue weighted by molar-refractivity contribution is 1.33. The topological polar surface area (TPSA) is 25.8 Å². The number of aromatic nitrogens is 2. The van der Waals surface area contributed by atoms with E-state index < -0.39 is 0 Å². The van der Waals surface area contributed by atoms with Crippen LogP contribution < -0.4 is 0 Å². The van der Waals surface area contributed by atoms with Crippen LogP contribution in [-0.4, -0.2) is 9.97 Å². The molecule has 0 fully saturated rings. The van der Waals surface area contributed by atoms with Gasteiger partial charge in [-0.1, -0.05) is 176 Å². The van der Waals surface area contributed by atoms with E-state index >= 15 is 0 Å². The molecule has 0 atom stereocenters. The Labute approximate surface area is 337 Å². The lowest BCUT2D eigenvalue weighted by Crippen LogP contribution is -1.94. The van der Waals surface area contributed by atoms with Crippen LogP contribution in [0.4, 0.5) is 0 Å². The number of nitrogens with zero attached hydrogens (tertiary/aromatic N) is 2. The maximum atomic E-state index is 5.41. The summed E-state index contributed by atoms with van der Waals surface area (Å²) in [6, 6.07) is 78.2. The summed E-state index contributed by atoms with van der Waals surface area (Å²) in [5.74, 6) is 0. The highest BCUT2D eigenvalue weighted by molar-refractivity contribution is 6.13. The molecule has 0 unspecified atom stereocenters. The first kappa shape index (κ1) is 33.6. The monoisotopic (exact) mass is 736 g/mol. The van der Waals surface area contributed by atoms with Crippen LogP contribution in [0.15, 0.2) is 218 Å². The smallest absolute Gasteiger partial charge is 0.0728 e. The Hall–Kier alpha value is -7.68. The zero-order valence-corrected chi connectivity index (χ0v) is 31.7. The molecule has 0 aliphatic heterocycles. The summed E-state index contributed by atoms with van der Waals surface area (Å²) in [6.07, 6.45) is 0. The Morgan fingerprint density at radius 1 is 0.207 bits per heavy atom. The molecule has 270 valence electrons. The second kappa shape index (κ2) is 14.1. The maximum absolute atomic E-state index is 5.41. The summed E-state index contributed by atoms with van der Waals surface area (Å²) < 4.78 is 0. The van der Waals surface area contributed by atoms with Crippen LogP contribution in [0.25, 0.3) is 110 Å². The van der Waals surface area contributed by atoms with Crippen LogP contribution in [-0.2, 0) is 0 Å². The highest BCUT2D eigenvalue weighted by Gasteiger charge is 2.17. The maximum Gasteiger partial charge on any atom is 0.0728 e. The Morgan fingerprint density at radius 2 is 0.517 bits per heavy atom. The molecule has 2 heterocycles. The van der Waals surface area contributed by atoms with Gasteiger partial charge in [0.1, 0.15) is 0 Å². The quantitative estimate of drug-likeness (QED) is 0.159. The number of rotatable bonds is 6. The van der Waals surface area contributed by atoms with E-state index in [-0.39, 0.29) is 0 Å². The van der Waals surface area contributed by atoms with Gasteiger partial charge >= 0.3 is 0 Å². The van der Waals surface area contributed by atoms with Gasteiger partial charge in [-0.3, -0.25) is 0 Å². The molecule has 0 saturated heterocycles. The summed E-state index contributed by atoms with van der Waals surface area (Å²) in [5.41, 5.74) is 12.7. The van der Waals surface area contributed by atoms with Crippen molar-refractivity contribution in [2.45, 2.75) is 0 Å². The molecule has 0 N–H and O–H groups in total. The Balaban J connectivity index is 1.13. The molecule has 2 aromatic heterocycles. The lowest BCUT2D eigenvalue weighted by Gasteiger charge is -2.16. The molecule has 0 aliphatic rings. The average molecular weight is 737 g/mol. The highest BCUT2D eigenvalue weighted by Crippen LogP contribution is 2.41. The molecule has 58 heavy (non-hydrogen) atoms. The predicted octanol–water partition coefficient (Wildman–Crippen LogP) is 15.1. The molecule has 0 saturated carbocycles. The van der Waals surface area contributed by atoms with Crippen molar-refractivity contribution in [2.24, 2.45) is 0 Å². The lowest BCUT2D eigenvalue weighted by atomic mass is 9.91. The summed E-state index contributed by atoms with van der Waals surface area (Å²) in [4.78, 5) is 10.8. The third-order valence-corrected chi connectivity index (χ3v) is 11.4. The summed E-state index contributed by atoms with van der Waals surface area (Å²) in [7, 11) is 0. The van der Waals surface area contributed by atoms with Crippen molar-refractivity contribution in [3.05, 3.63) is 218 Å². The van der Waals surface area contributed by atoms with Crippen LogP contribution in [0.5, 0.6) is 0 Å². The van der Waals surface area contributed by atoms with Crippen LogP contribution in [0.3, 0.4) is 0 Å². The molecule has 2 nitrogen and oxygen atoms in total. The van der Waals surface area contributed by atoms with Crippen molar-refractivity contribution < 1.29 is 0 Å². The number of hydrogen-bond donors (Lipinski definition) is 0. The number of pyridine rings is 2. The molecule has 0 aliphatic carbocycles. The van der Waals surface area contributed by atoms with E-state index in [9.17, 15) is 0 Å². The first-order chi connectivity index (χ1) is 28.7. The molecule has 0 bridgehead atoms. The second-order valence-electron chi connectivity index (χ2n) is 15.0. The highest BCUT2D eigenvalue weighted by atomic mass is 14.7. The van der Waals surface area contributed by atoms with Crippen LogP contribution in [0, 0.1) is 0 Å². The summed E-state index contributed by atoms with van der Waals surface area (Å²) in [5, 5.41) is 9.58. The van der Waals surface area contributed by atoms with Gasteiger partial charge in [0, 0.05) is 22.3 Å². The van der Waals surface area contributed by atoms with Crippen molar-refractivity contribution in [1.82, 2.24) is 9.97 Å². The van der Waals surface area contributed by atoms with E-state index in [4.69, 9.17) is 9.97 Å². The largest absolute Gasteiger partial charge is 0.248 e. The fourth-order valence-electron chi connectivity index (χ4n) is 8.62. The minimum absolute atomic E-state index is 0.941. The second-order valence-corrected chi connectivity index (χ2v) is 15.0. The van der Waals surface area contributed by atoms with Gasteiger partial charge < -0.3 is 0 Å². The van der Waals surface area contributed by atoms with Crippen molar-refractivity contribution in [3.8, 4) is 67.3 Å². The van der Waals surface area contributed by atoms with Crippen molar-refractivity contribution in [3.63, 3.8) is 0 Å². The first-order valence-electron chi connectivity index (χ1n) is 19.8. The van der Waals surface area contributed by atoms with Crippen molar-refractivity contribution in [2.75, 3.05) is 0 Å². The van der Waals surface area contributed by atoms with E-state index in [1.165, 1.54) is 43.1 Å². The van der Waals surface area contributed by atoms with E-state index in [0.717, 1.165) is 67.3 Å². The van der Waals surface area contributed by atoms with Gasteiger partial charge in [-0.05, 0) is 108 Å². The Bertz CT molecular complexity index is 3000. The van der Waals surface area contributed by atoms with Crippen LogP contribution in [0.1, 0.15) is 0 Å². The minimum Gasteiger partial charge on any atom is -0.248 e. The number of fused-ring (bicyclic) bond motifs is 4. The van der Waals surface area contributed by atoms with E-state index in [1.807, 2.05) is 0 Å². The molecule has 0 radical (unpaired) electrons. The molecule has 2 heteroatoms. The van der Waals surface area contributed by atoms with Crippen molar-refractivity contribution >= 4 is 43.1 Å². The Morgan fingerprint density at radius 3 is 0.897 bits per heavy atom. The van der Waals surface area contributed by atoms with Gasteiger partial charge in [-0.25, -0.2) is 9.97 Å². The van der Waals surface area contributed by atoms with Gasteiger partial charge in [0.2, 0.25) is 0 Å². The minimum atomic E-state index is 0.941. The molecule has 9 aromatic carbocycles. The van der Waals surface area contributed by atoms with E-state index in [0.29, 0.717) is 0 Å². The zero-order chi connectivity index (χ0) is 38.4. The van der Waals surface area contributed by atoms with Crippen LogP contribution >= 0.6 is 0 Å². The Kier molecular flexibility index (Phi) is 8.19. The molecule has 0 spiro atoms. The normalized spacial score (nSPS) is 11.4. The fourth-order valence-corrected chi connectivity index (χ4v) is 8.62. The molecular formula is C56H36N2. The predicted molar refractivity (Wildman–Crippen MR) is 245 cm³/mol. The van der Waals surface area contributed by atoms with E-state index in [1.54, 1.807) is 0 Å². The van der Waals surface area contributed by atoms with Crippen LogP contribution in [0.2, 0.25) is 0 Å². The fraction of sp³-hybridized carbons (Fsp3) is 0. The third kappa shape index (κ3) is 6.00. The van der Waals surface area contributed by atoms with Gasteiger partial charge in [0.25, 0.3) is 0 Å². The molecule has 0 amide bonds. The number of hydrogen-bond acceptors (Lipinski definition) is 2. The van der Waals surface area contributed by atoms with Gasteiger partial charge in [0.15, 0.2) is 0 Å². The number of benzene rings is 9. The SMILES string of the molecule is c1ccc(-c2cc(-c3cccc(-c4cc(-c5ccccc5)nc(-c5c6ccccc6cc6ccccc56)c4)c3)cc(-c3c4ccccc4cc4ccccc34)n2)cc1. The average Bonchev–Trinajstić information content (AvgIpc) is 3.30. The molecule has 11 rings (SSSR count). The van der Waals surface area contributed by atoms with Crippen molar-refractivity contribution in [1.29, 1.82) is 0 Å².